The molecule has 2 bridgehead atoms. The van der Waals surface area contributed by atoms with E-state index in [1.165, 1.54) is 19.3 Å². The van der Waals surface area contributed by atoms with Gasteiger partial charge in [0.05, 0.1) is 7.11 Å². The van der Waals surface area contributed by atoms with Crippen molar-refractivity contribution in [3.63, 3.8) is 0 Å². The maximum atomic E-state index is 12.4. The zero-order chi connectivity index (χ0) is 18.4. The molecule has 2 unspecified atom stereocenters. The summed E-state index contributed by atoms with van der Waals surface area (Å²) in [4.78, 5) is 12.4. The van der Waals surface area contributed by atoms with Crippen LogP contribution in [-0.4, -0.2) is 19.1 Å². The van der Waals surface area contributed by atoms with E-state index in [1.54, 1.807) is 7.11 Å². The minimum absolute atomic E-state index is 0.0670. The number of hydrogen-bond acceptors (Lipinski definition) is 3. The fourth-order valence-electron chi connectivity index (χ4n) is 4.82. The van der Waals surface area contributed by atoms with Crippen molar-refractivity contribution in [1.82, 2.24) is 0 Å². The fourth-order valence-corrected chi connectivity index (χ4v) is 4.82. The van der Waals surface area contributed by atoms with E-state index in [-0.39, 0.29) is 12.0 Å². The number of carbonyl (C=O) groups is 1. The highest BCUT2D eigenvalue weighted by atomic mass is 16.5. The van der Waals surface area contributed by atoms with Crippen LogP contribution in [0.15, 0.2) is 42.5 Å². The van der Waals surface area contributed by atoms with E-state index in [9.17, 15) is 4.79 Å². The minimum atomic E-state index is -0.0670. The first-order chi connectivity index (χ1) is 13.2. The second kappa shape index (κ2) is 6.45. The first kappa shape index (κ1) is 16.4. The molecular weight excluding hydrogens is 338 g/mol. The lowest BCUT2D eigenvalue weighted by Crippen LogP contribution is -2.23. The second-order valence-corrected chi connectivity index (χ2v) is 7.80. The Morgan fingerprint density at radius 3 is 2.74 bits per heavy atom. The van der Waals surface area contributed by atoms with Crippen molar-refractivity contribution >= 4 is 23.2 Å². The Morgan fingerprint density at radius 2 is 1.96 bits per heavy atom. The van der Waals surface area contributed by atoms with Gasteiger partial charge < -0.3 is 14.8 Å². The molecule has 3 aliphatic rings. The van der Waals surface area contributed by atoms with Gasteiger partial charge in [0.25, 0.3) is 5.91 Å². The quantitative estimate of drug-likeness (QED) is 0.799. The maximum Gasteiger partial charge on any atom is 0.256 e. The number of ether oxygens (including phenoxy) is 2. The monoisotopic (exact) mass is 361 g/mol. The molecule has 0 aromatic heterocycles. The molecule has 2 aromatic carbocycles. The highest BCUT2D eigenvalue weighted by Crippen LogP contribution is 2.47. The Hall–Kier alpha value is -2.75. The van der Waals surface area contributed by atoms with Crippen LogP contribution in [0.4, 0.5) is 5.69 Å². The van der Waals surface area contributed by atoms with Gasteiger partial charge in [-0.15, -0.1) is 0 Å². The van der Waals surface area contributed by atoms with Crippen LogP contribution in [0.5, 0.6) is 11.5 Å². The SMILES string of the molecule is COc1ccc(C=C2C(=O)Nc3ccccc32)cc1O[C@H]1CC2CCC1C2. The van der Waals surface area contributed by atoms with Gasteiger partial charge in [-0.05, 0) is 67.4 Å². The van der Waals surface area contributed by atoms with Gasteiger partial charge in [0, 0.05) is 16.8 Å². The van der Waals surface area contributed by atoms with Crippen LogP contribution < -0.4 is 14.8 Å². The zero-order valence-electron chi connectivity index (χ0n) is 15.4. The summed E-state index contributed by atoms with van der Waals surface area (Å²) in [5.74, 6) is 2.96. The smallest absolute Gasteiger partial charge is 0.256 e. The molecule has 3 atom stereocenters. The molecule has 1 aliphatic heterocycles. The van der Waals surface area contributed by atoms with Gasteiger partial charge in [0.1, 0.15) is 6.10 Å². The molecule has 0 radical (unpaired) electrons. The summed E-state index contributed by atoms with van der Waals surface area (Å²) < 4.78 is 11.9. The number of para-hydroxylation sites is 1. The lowest BCUT2D eigenvalue weighted by molar-refractivity contribution is -0.110. The number of nitrogens with one attached hydrogen (secondary N) is 1. The number of fused-ring (bicyclic) bond motifs is 3. The Bertz CT molecular complexity index is 933. The van der Waals surface area contributed by atoms with E-state index in [1.807, 2.05) is 48.5 Å². The van der Waals surface area contributed by atoms with E-state index in [4.69, 9.17) is 9.47 Å². The maximum absolute atomic E-state index is 12.4. The van der Waals surface area contributed by atoms with Gasteiger partial charge in [0.15, 0.2) is 11.5 Å². The third-order valence-corrected chi connectivity index (χ3v) is 6.16. The van der Waals surface area contributed by atoms with Gasteiger partial charge in [-0.2, -0.15) is 0 Å². The molecule has 27 heavy (non-hydrogen) atoms. The molecule has 2 fully saturated rings. The van der Waals surface area contributed by atoms with Crippen LogP contribution in [0, 0.1) is 11.8 Å². The van der Waals surface area contributed by atoms with E-state index in [0.29, 0.717) is 11.5 Å². The number of amides is 1. The number of hydrogen-bond donors (Lipinski definition) is 1. The predicted molar refractivity (Wildman–Crippen MR) is 106 cm³/mol. The lowest BCUT2D eigenvalue weighted by atomic mass is 9.97. The van der Waals surface area contributed by atoms with Crippen molar-refractivity contribution in [2.45, 2.75) is 31.8 Å². The molecule has 4 nitrogen and oxygen atoms in total. The summed E-state index contributed by atoms with van der Waals surface area (Å²) in [6, 6.07) is 13.6. The summed E-state index contributed by atoms with van der Waals surface area (Å²) in [6.45, 7) is 0. The van der Waals surface area contributed by atoms with Crippen molar-refractivity contribution in [3.8, 4) is 11.5 Å². The molecule has 2 saturated carbocycles. The Kier molecular flexibility index (Phi) is 3.92. The Morgan fingerprint density at radius 1 is 1.07 bits per heavy atom. The van der Waals surface area contributed by atoms with Crippen LogP contribution in [0.1, 0.15) is 36.8 Å². The fraction of sp³-hybridized carbons (Fsp3) is 0.348. The average molecular weight is 361 g/mol. The van der Waals surface area contributed by atoms with Crippen molar-refractivity contribution < 1.29 is 14.3 Å². The minimum Gasteiger partial charge on any atom is -0.493 e. The van der Waals surface area contributed by atoms with Crippen molar-refractivity contribution in [1.29, 1.82) is 0 Å². The molecular formula is C23H23NO3. The Balaban J connectivity index is 1.46. The van der Waals surface area contributed by atoms with Gasteiger partial charge in [0.2, 0.25) is 0 Å². The highest BCUT2D eigenvalue weighted by molar-refractivity contribution is 6.34. The van der Waals surface area contributed by atoms with Crippen molar-refractivity contribution in [2.24, 2.45) is 11.8 Å². The molecule has 1 heterocycles. The first-order valence-electron chi connectivity index (χ1n) is 9.68. The third kappa shape index (κ3) is 2.89. The van der Waals surface area contributed by atoms with Crippen LogP contribution in [0.25, 0.3) is 11.6 Å². The summed E-state index contributed by atoms with van der Waals surface area (Å²) in [5.41, 5.74) is 3.42. The van der Waals surface area contributed by atoms with E-state index < -0.39 is 0 Å². The number of methoxy groups -OCH3 is 1. The summed E-state index contributed by atoms with van der Waals surface area (Å²) in [7, 11) is 1.67. The normalized spacial score (nSPS) is 26.9. The van der Waals surface area contributed by atoms with Gasteiger partial charge in [-0.1, -0.05) is 24.3 Å². The highest BCUT2D eigenvalue weighted by Gasteiger charge is 2.41. The average Bonchev–Trinajstić information content (AvgIpc) is 3.37. The molecule has 5 rings (SSSR count). The predicted octanol–water partition coefficient (Wildman–Crippen LogP) is 4.76. The molecule has 2 aromatic rings. The molecule has 2 aliphatic carbocycles. The lowest BCUT2D eigenvalue weighted by Gasteiger charge is -2.24. The molecule has 1 amide bonds. The van der Waals surface area contributed by atoms with E-state index in [0.717, 1.165) is 40.7 Å². The van der Waals surface area contributed by atoms with Crippen molar-refractivity contribution in [3.05, 3.63) is 53.6 Å². The summed E-state index contributed by atoms with van der Waals surface area (Å²) >= 11 is 0. The zero-order valence-corrected chi connectivity index (χ0v) is 15.4. The third-order valence-electron chi connectivity index (χ3n) is 6.16. The summed E-state index contributed by atoms with van der Waals surface area (Å²) in [5, 5.41) is 2.92. The van der Waals surface area contributed by atoms with Gasteiger partial charge >= 0.3 is 0 Å². The van der Waals surface area contributed by atoms with Crippen LogP contribution in [-0.2, 0) is 4.79 Å². The van der Waals surface area contributed by atoms with Crippen molar-refractivity contribution in [2.75, 3.05) is 12.4 Å². The van der Waals surface area contributed by atoms with E-state index >= 15 is 0 Å². The van der Waals surface area contributed by atoms with E-state index in [2.05, 4.69) is 5.32 Å². The standard InChI is InChI=1S/C23H23NO3/c1-26-20-9-7-15(11-18-17-4-2-3-5-19(17)24-23(18)25)13-22(20)27-21-12-14-6-8-16(21)10-14/h2-5,7,9,11,13-14,16,21H,6,8,10,12H2,1H3,(H,24,25)/t14?,16?,21-/m0/s1. The topological polar surface area (TPSA) is 47.6 Å². The van der Waals surface area contributed by atoms with Crippen LogP contribution >= 0.6 is 0 Å². The molecule has 0 saturated heterocycles. The summed E-state index contributed by atoms with van der Waals surface area (Å²) in [6.07, 6.45) is 7.29. The molecule has 138 valence electrons. The number of carbonyl (C=O) groups excluding carboxylic acids is 1. The Labute approximate surface area is 159 Å². The largest absolute Gasteiger partial charge is 0.493 e. The number of benzene rings is 2. The molecule has 0 spiro atoms. The first-order valence-corrected chi connectivity index (χ1v) is 9.68. The second-order valence-electron chi connectivity index (χ2n) is 7.80. The molecule has 1 N–H and O–H groups in total. The number of rotatable bonds is 4. The van der Waals surface area contributed by atoms with Gasteiger partial charge in [-0.25, -0.2) is 0 Å². The molecule has 4 heteroatoms. The van der Waals surface area contributed by atoms with Crippen LogP contribution in [0.3, 0.4) is 0 Å². The number of anilines is 1. The van der Waals surface area contributed by atoms with Crippen LogP contribution in [0.2, 0.25) is 0 Å². The van der Waals surface area contributed by atoms with Gasteiger partial charge in [-0.3, -0.25) is 4.79 Å².